The molecule has 5 rings (SSSR count). The van der Waals surface area contributed by atoms with E-state index in [9.17, 15) is 9.18 Å². The monoisotopic (exact) mass is 439 g/mol. The largest absolute Gasteiger partial charge is 0.454 e. The Morgan fingerprint density at radius 3 is 2.83 bits per heavy atom. The Morgan fingerprint density at radius 2 is 1.97 bits per heavy atom. The molecule has 150 valence electrons. The van der Waals surface area contributed by atoms with E-state index >= 15 is 0 Å². The zero-order valence-electron chi connectivity index (χ0n) is 15.4. The number of nitrogens with zero attached hydrogens (tertiary/aromatic N) is 2. The van der Waals surface area contributed by atoms with Gasteiger partial charge in [-0.25, -0.2) is 14.4 Å². The van der Waals surface area contributed by atoms with Gasteiger partial charge >= 0.3 is 0 Å². The second-order valence-corrected chi connectivity index (χ2v) is 8.24. The molecule has 1 amide bonds. The van der Waals surface area contributed by atoms with Crippen LogP contribution in [0.15, 0.2) is 59.2 Å². The van der Waals surface area contributed by atoms with Crippen LogP contribution in [0.5, 0.6) is 11.5 Å². The lowest BCUT2D eigenvalue weighted by Crippen LogP contribution is -2.14. The molecule has 0 spiro atoms. The molecule has 0 unspecified atom stereocenters. The molecule has 0 radical (unpaired) electrons. The first-order valence-electron chi connectivity index (χ1n) is 8.98. The smallest absolute Gasteiger partial charge is 0.234 e. The number of carbonyl (C=O) groups is 1. The van der Waals surface area contributed by atoms with Gasteiger partial charge in [0, 0.05) is 22.7 Å². The molecule has 6 nitrogen and oxygen atoms in total. The molecule has 0 saturated heterocycles. The standard InChI is InChI=1S/C21H14FN3O3S2/c22-13-3-1-12(2-4-13)15-8-29-20-19(15)21(24-10-23-20)30-9-18(26)25-14-5-6-16-17(7-14)28-11-27-16/h1-8,10H,9,11H2,(H,25,26). The maximum Gasteiger partial charge on any atom is 0.234 e. The van der Waals surface area contributed by atoms with Crippen LogP contribution < -0.4 is 14.8 Å². The summed E-state index contributed by atoms with van der Waals surface area (Å²) in [6, 6.07) is 11.6. The molecule has 1 N–H and O–H groups in total. The van der Waals surface area contributed by atoms with E-state index in [2.05, 4.69) is 15.3 Å². The van der Waals surface area contributed by atoms with Gasteiger partial charge in [-0.3, -0.25) is 4.79 Å². The third kappa shape index (κ3) is 3.69. The second-order valence-electron chi connectivity index (χ2n) is 6.42. The summed E-state index contributed by atoms with van der Waals surface area (Å²) >= 11 is 2.82. The maximum atomic E-state index is 13.3. The molecule has 3 heterocycles. The summed E-state index contributed by atoms with van der Waals surface area (Å²) in [6.07, 6.45) is 1.49. The van der Waals surface area contributed by atoms with Crippen LogP contribution in [-0.4, -0.2) is 28.4 Å². The Labute approximate surface area is 179 Å². The first kappa shape index (κ1) is 18.8. The predicted octanol–water partition coefficient (Wildman–Crippen LogP) is 4.96. The van der Waals surface area contributed by atoms with Crippen molar-refractivity contribution in [3.05, 3.63) is 60.0 Å². The summed E-state index contributed by atoms with van der Waals surface area (Å²) in [5, 5.41) is 6.41. The van der Waals surface area contributed by atoms with E-state index in [1.807, 2.05) is 5.38 Å². The van der Waals surface area contributed by atoms with Crippen molar-refractivity contribution in [2.24, 2.45) is 0 Å². The molecule has 0 saturated carbocycles. The first-order valence-corrected chi connectivity index (χ1v) is 10.8. The average Bonchev–Trinajstić information content (AvgIpc) is 3.40. The zero-order valence-corrected chi connectivity index (χ0v) is 17.1. The minimum Gasteiger partial charge on any atom is -0.454 e. The van der Waals surface area contributed by atoms with Crippen molar-refractivity contribution >= 4 is 44.9 Å². The normalized spacial score (nSPS) is 12.3. The summed E-state index contributed by atoms with van der Waals surface area (Å²) in [4.78, 5) is 22.0. The second kappa shape index (κ2) is 7.92. The first-order chi connectivity index (χ1) is 14.7. The maximum absolute atomic E-state index is 13.3. The summed E-state index contributed by atoms with van der Waals surface area (Å²) < 4.78 is 23.9. The molecule has 2 aromatic heterocycles. The molecule has 0 atom stereocenters. The number of rotatable bonds is 5. The van der Waals surface area contributed by atoms with Crippen molar-refractivity contribution in [1.29, 1.82) is 0 Å². The van der Waals surface area contributed by atoms with E-state index in [-0.39, 0.29) is 24.3 Å². The molecule has 9 heteroatoms. The van der Waals surface area contributed by atoms with Gasteiger partial charge in [0.05, 0.1) is 11.1 Å². The van der Waals surface area contributed by atoms with Crippen LogP contribution in [0.1, 0.15) is 0 Å². The number of halogens is 1. The summed E-state index contributed by atoms with van der Waals surface area (Å²) in [6.45, 7) is 0.184. The average molecular weight is 439 g/mol. The number of hydrogen-bond acceptors (Lipinski definition) is 7. The van der Waals surface area contributed by atoms with Gasteiger partial charge in [-0.2, -0.15) is 0 Å². The number of thiophene rings is 1. The molecule has 0 bridgehead atoms. The van der Waals surface area contributed by atoms with Crippen LogP contribution in [0, 0.1) is 5.82 Å². The van der Waals surface area contributed by atoms with Gasteiger partial charge in [-0.1, -0.05) is 23.9 Å². The highest BCUT2D eigenvalue weighted by Gasteiger charge is 2.16. The van der Waals surface area contributed by atoms with Gasteiger partial charge in [0.25, 0.3) is 0 Å². The number of carbonyl (C=O) groups excluding carboxylic acids is 1. The quantitative estimate of drug-likeness (QED) is 0.350. The molecule has 1 aliphatic heterocycles. The minimum absolute atomic E-state index is 0.163. The van der Waals surface area contributed by atoms with E-state index in [1.165, 1.54) is 41.6 Å². The summed E-state index contributed by atoms with van der Waals surface area (Å²) in [7, 11) is 0. The Balaban J connectivity index is 1.34. The highest BCUT2D eigenvalue weighted by atomic mass is 32.2. The third-order valence-corrected chi connectivity index (χ3v) is 6.36. The molecule has 30 heavy (non-hydrogen) atoms. The zero-order chi connectivity index (χ0) is 20.5. The number of aromatic nitrogens is 2. The Bertz CT molecular complexity index is 1240. The Kier molecular flexibility index (Phi) is 4.97. The molecular formula is C21H14FN3O3S2. The molecule has 1 aliphatic rings. The summed E-state index contributed by atoms with van der Waals surface area (Å²) in [5.74, 6) is 1.00. The lowest BCUT2D eigenvalue weighted by atomic mass is 10.1. The molecule has 4 aromatic rings. The number of hydrogen-bond donors (Lipinski definition) is 1. The number of anilines is 1. The van der Waals surface area contributed by atoms with Crippen molar-refractivity contribution < 1.29 is 18.7 Å². The van der Waals surface area contributed by atoms with E-state index in [4.69, 9.17) is 9.47 Å². The number of amides is 1. The fourth-order valence-electron chi connectivity index (χ4n) is 3.10. The highest BCUT2D eigenvalue weighted by molar-refractivity contribution is 8.00. The highest BCUT2D eigenvalue weighted by Crippen LogP contribution is 2.38. The van der Waals surface area contributed by atoms with Crippen LogP contribution in [0.4, 0.5) is 10.1 Å². The van der Waals surface area contributed by atoms with Gasteiger partial charge in [0.2, 0.25) is 12.7 Å². The van der Waals surface area contributed by atoms with Gasteiger partial charge < -0.3 is 14.8 Å². The molecule has 2 aromatic carbocycles. The topological polar surface area (TPSA) is 73.3 Å². The number of ether oxygens (including phenoxy) is 2. The minimum atomic E-state index is -0.288. The van der Waals surface area contributed by atoms with E-state index in [1.54, 1.807) is 30.3 Å². The number of fused-ring (bicyclic) bond motifs is 2. The van der Waals surface area contributed by atoms with Crippen molar-refractivity contribution in [3.63, 3.8) is 0 Å². The lowest BCUT2D eigenvalue weighted by molar-refractivity contribution is -0.113. The number of nitrogens with one attached hydrogen (secondary N) is 1. The van der Waals surface area contributed by atoms with Crippen LogP contribution in [0.3, 0.4) is 0 Å². The van der Waals surface area contributed by atoms with Crippen molar-refractivity contribution in [1.82, 2.24) is 9.97 Å². The van der Waals surface area contributed by atoms with Gasteiger partial charge in [-0.15, -0.1) is 11.3 Å². The summed E-state index contributed by atoms with van der Waals surface area (Å²) in [5.41, 5.74) is 2.44. The predicted molar refractivity (Wildman–Crippen MR) is 115 cm³/mol. The molecule has 0 aliphatic carbocycles. The van der Waals surface area contributed by atoms with Crippen LogP contribution in [-0.2, 0) is 4.79 Å². The molecule has 0 fully saturated rings. The van der Waals surface area contributed by atoms with Crippen LogP contribution in [0.25, 0.3) is 21.3 Å². The van der Waals surface area contributed by atoms with Crippen molar-refractivity contribution in [3.8, 4) is 22.6 Å². The van der Waals surface area contributed by atoms with Crippen LogP contribution >= 0.6 is 23.1 Å². The van der Waals surface area contributed by atoms with E-state index in [0.29, 0.717) is 22.2 Å². The SMILES string of the molecule is O=C(CSc1ncnc2scc(-c3ccc(F)cc3)c12)Nc1ccc2c(c1)OCO2. The number of thioether (sulfide) groups is 1. The van der Waals surface area contributed by atoms with Gasteiger partial charge in [0.1, 0.15) is 22.0 Å². The third-order valence-electron chi connectivity index (χ3n) is 4.49. The number of benzene rings is 2. The van der Waals surface area contributed by atoms with Gasteiger partial charge in [0.15, 0.2) is 11.5 Å². The fourth-order valence-corrected chi connectivity index (χ4v) is 4.90. The lowest BCUT2D eigenvalue weighted by Gasteiger charge is -2.07. The van der Waals surface area contributed by atoms with E-state index in [0.717, 1.165) is 21.3 Å². The van der Waals surface area contributed by atoms with E-state index < -0.39 is 0 Å². The van der Waals surface area contributed by atoms with Crippen molar-refractivity contribution in [2.45, 2.75) is 5.03 Å². The van der Waals surface area contributed by atoms with Gasteiger partial charge in [-0.05, 0) is 29.8 Å². The Hall–Kier alpha value is -3.17. The van der Waals surface area contributed by atoms with Crippen molar-refractivity contribution in [2.75, 3.05) is 17.9 Å². The Morgan fingerprint density at radius 1 is 1.13 bits per heavy atom. The molecular weight excluding hydrogens is 425 g/mol. The fraction of sp³-hybridized carbons (Fsp3) is 0.0952. The van der Waals surface area contributed by atoms with Crippen LogP contribution in [0.2, 0.25) is 0 Å².